The lowest BCUT2D eigenvalue weighted by Crippen LogP contribution is -2.36. The van der Waals surface area contributed by atoms with Gasteiger partial charge in [-0.25, -0.2) is 9.78 Å². The first-order chi connectivity index (χ1) is 8.70. The first-order valence-electron chi connectivity index (χ1n) is 6.18. The standard InChI is InChI=1S/C13H15ClN2O2/c1-18-13(17)16-9-3-4-11(16)10(6-9)8-2-5-12(14)15-7-8/h2,5,7,9-11H,3-4,6H2,1H3/t9-,10-,11+/m0/s1. The largest absolute Gasteiger partial charge is 0.453 e. The van der Waals surface area contributed by atoms with Crippen molar-refractivity contribution in [1.29, 1.82) is 0 Å². The van der Waals surface area contributed by atoms with E-state index in [2.05, 4.69) is 4.98 Å². The molecule has 3 heterocycles. The van der Waals surface area contributed by atoms with Crippen molar-refractivity contribution in [3.63, 3.8) is 0 Å². The Bertz CT molecular complexity index is 463. The fourth-order valence-electron chi connectivity index (χ4n) is 3.34. The summed E-state index contributed by atoms with van der Waals surface area (Å²) in [5, 5.41) is 0.506. The Labute approximate surface area is 111 Å². The smallest absolute Gasteiger partial charge is 0.410 e. The second-order valence-corrected chi connectivity index (χ2v) is 5.32. The molecule has 0 unspecified atom stereocenters. The Balaban J connectivity index is 1.85. The van der Waals surface area contributed by atoms with Crippen molar-refractivity contribution in [2.24, 2.45) is 0 Å². The number of halogens is 1. The predicted molar refractivity (Wildman–Crippen MR) is 67.7 cm³/mol. The quantitative estimate of drug-likeness (QED) is 0.734. The fourth-order valence-corrected chi connectivity index (χ4v) is 3.46. The normalized spacial score (nSPS) is 29.7. The van der Waals surface area contributed by atoms with Crippen molar-refractivity contribution in [2.45, 2.75) is 37.3 Å². The highest BCUT2D eigenvalue weighted by Gasteiger charge is 2.49. The van der Waals surface area contributed by atoms with E-state index >= 15 is 0 Å². The number of hydrogen-bond donors (Lipinski definition) is 0. The van der Waals surface area contributed by atoms with Gasteiger partial charge in [0, 0.05) is 24.2 Å². The number of carbonyl (C=O) groups excluding carboxylic acids is 1. The third-order valence-corrected chi connectivity index (χ3v) is 4.32. The number of pyridine rings is 1. The molecule has 1 aromatic rings. The Morgan fingerprint density at radius 2 is 2.33 bits per heavy atom. The molecule has 5 heteroatoms. The summed E-state index contributed by atoms with van der Waals surface area (Å²) >= 11 is 5.80. The number of carbonyl (C=O) groups is 1. The van der Waals surface area contributed by atoms with Crippen LogP contribution in [0.5, 0.6) is 0 Å². The maximum atomic E-state index is 11.8. The second-order valence-electron chi connectivity index (χ2n) is 4.93. The molecule has 0 radical (unpaired) electrons. The molecule has 4 nitrogen and oxygen atoms in total. The lowest BCUT2D eigenvalue weighted by molar-refractivity contribution is 0.116. The average molecular weight is 267 g/mol. The minimum absolute atomic E-state index is 0.202. The fraction of sp³-hybridized carbons (Fsp3) is 0.538. The van der Waals surface area contributed by atoms with Crippen molar-refractivity contribution in [3.05, 3.63) is 29.0 Å². The maximum Gasteiger partial charge on any atom is 0.410 e. The van der Waals surface area contributed by atoms with E-state index in [1.165, 1.54) is 12.7 Å². The average Bonchev–Trinajstić information content (AvgIpc) is 2.96. The maximum absolute atomic E-state index is 11.8. The Morgan fingerprint density at radius 1 is 1.50 bits per heavy atom. The summed E-state index contributed by atoms with van der Waals surface area (Å²) in [4.78, 5) is 17.8. The molecule has 2 saturated heterocycles. The van der Waals surface area contributed by atoms with Gasteiger partial charge in [0.1, 0.15) is 5.15 Å². The van der Waals surface area contributed by atoms with Crippen molar-refractivity contribution < 1.29 is 9.53 Å². The molecule has 1 aromatic heterocycles. The third-order valence-electron chi connectivity index (χ3n) is 4.10. The van der Waals surface area contributed by atoms with Gasteiger partial charge in [0.15, 0.2) is 0 Å². The highest BCUT2D eigenvalue weighted by atomic mass is 35.5. The van der Waals surface area contributed by atoms with Gasteiger partial charge in [-0.05, 0) is 30.9 Å². The number of fused-ring (bicyclic) bond motifs is 2. The summed E-state index contributed by atoms with van der Waals surface area (Å²) in [7, 11) is 1.44. The van der Waals surface area contributed by atoms with E-state index in [4.69, 9.17) is 16.3 Å². The number of ether oxygens (including phenoxy) is 1. The van der Waals surface area contributed by atoms with Crippen LogP contribution in [0.2, 0.25) is 5.15 Å². The molecule has 0 N–H and O–H groups in total. The first kappa shape index (κ1) is 11.8. The summed E-state index contributed by atoms with van der Waals surface area (Å²) in [5.74, 6) is 0.368. The topological polar surface area (TPSA) is 42.4 Å². The number of amides is 1. The molecule has 2 fully saturated rings. The molecule has 2 aliphatic rings. The van der Waals surface area contributed by atoms with Crippen LogP contribution in [0.25, 0.3) is 0 Å². The zero-order chi connectivity index (χ0) is 12.7. The van der Waals surface area contributed by atoms with Gasteiger partial charge in [0.2, 0.25) is 0 Å². The van der Waals surface area contributed by atoms with E-state index in [0.29, 0.717) is 17.1 Å². The van der Waals surface area contributed by atoms with E-state index in [1.807, 2.05) is 23.2 Å². The van der Waals surface area contributed by atoms with Crippen LogP contribution < -0.4 is 0 Å². The van der Waals surface area contributed by atoms with Gasteiger partial charge in [0.25, 0.3) is 0 Å². The summed E-state index contributed by atoms with van der Waals surface area (Å²) < 4.78 is 4.87. The van der Waals surface area contributed by atoms with Crippen molar-refractivity contribution in [3.8, 4) is 0 Å². The lowest BCUT2D eigenvalue weighted by Gasteiger charge is -2.23. The molecule has 0 aromatic carbocycles. The highest BCUT2D eigenvalue weighted by molar-refractivity contribution is 6.29. The van der Waals surface area contributed by atoms with Crippen LogP contribution in [0, 0.1) is 0 Å². The molecular formula is C13H15ClN2O2. The Hall–Kier alpha value is -1.29. The van der Waals surface area contributed by atoms with Gasteiger partial charge < -0.3 is 9.64 Å². The summed E-state index contributed by atoms with van der Waals surface area (Å²) in [5.41, 5.74) is 1.17. The molecule has 3 atom stereocenters. The molecule has 2 bridgehead atoms. The molecule has 1 amide bonds. The first-order valence-corrected chi connectivity index (χ1v) is 6.56. The number of aromatic nitrogens is 1. The van der Waals surface area contributed by atoms with Crippen LogP contribution in [0.3, 0.4) is 0 Å². The van der Waals surface area contributed by atoms with Crippen molar-refractivity contribution >= 4 is 17.7 Å². The Kier molecular flexibility index (Phi) is 2.90. The third kappa shape index (κ3) is 1.75. The van der Waals surface area contributed by atoms with E-state index in [-0.39, 0.29) is 12.1 Å². The molecule has 0 saturated carbocycles. The molecule has 3 rings (SSSR count). The van der Waals surface area contributed by atoms with Gasteiger partial charge >= 0.3 is 6.09 Å². The van der Waals surface area contributed by atoms with E-state index in [9.17, 15) is 4.79 Å². The number of methoxy groups -OCH3 is 1. The van der Waals surface area contributed by atoms with Crippen LogP contribution in [0.1, 0.15) is 30.7 Å². The SMILES string of the molecule is COC(=O)N1[C@H]2CC[C@@H]1[C@H](c1ccc(Cl)nc1)C2. The van der Waals surface area contributed by atoms with Crippen LogP contribution in [0.15, 0.2) is 18.3 Å². The van der Waals surface area contributed by atoms with E-state index in [1.54, 1.807) is 0 Å². The van der Waals surface area contributed by atoms with Gasteiger partial charge in [-0.15, -0.1) is 0 Å². The molecule has 18 heavy (non-hydrogen) atoms. The summed E-state index contributed by atoms with van der Waals surface area (Å²) in [6.07, 6.45) is 4.75. The Morgan fingerprint density at radius 3 is 3.00 bits per heavy atom. The van der Waals surface area contributed by atoms with Crippen LogP contribution >= 0.6 is 11.6 Å². The minimum Gasteiger partial charge on any atom is -0.453 e. The zero-order valence-corrected chi connectivity index (χ0v) is 10.9. The zero-order valence-electron chi connectivity index (χ0n) is 10.2. The van der Waals surface area contributed by atoms with E-state index < -0.39 is 0 Å². The van der Waals surface area contributed by atoms with Crippen molar-refractivity contribution in [1.82, 2.24) is 9.88 Å². The van der Waals surface area contributed by atoms with E-state index in [0.717, 1.165) is 19.3 Å². The van der Waals surface area contributed by atoms with Gasteiger partial charge in [0.05, 0.1) is 7.11 Å². The summed E-state index contributed by atoms with van der Waals surface area (Å²) in [6.45, 7) is 0. The molecule has 0 spiro atoms. The van der Waals surface area contributed by atoms with Crippen LogP contribution in [-0.2, 0) is 4.74 Å². The minimum atomic E-state index is -0.202. The molecular weight excluding hydrogens is 252 g/mol. The van der Waals surface area contributed by atoms with Gasteiger partial charge in [-0.3, -0.25) is 0 Å². The second kappa shape index (κ2) is 4.43. The highest BCUT2D eigenvalue weighted by Crippen LogP contribution is 2.46. The summed E-state index contributed by atoms with van der Waals surface area (Å²) in [6, 6.07) is 4.40. The molecule has 96 valence electrons. The monoisotopic (exact) mass is 266 g/mol. The molecule has 0 aliphatic carbocycles. The predicted octanol–water partition coefficient (Wildman–Crippen LogP) is 2.82. The number of nitrogens with zero attached hydrogens (tertiary/aromatic N) is 2. The van der Waals surface area contributed by atoms with Gasteiger partial charge in [-0.1, -0.05) is 17.7 Å². The van der Waals surface area contributed by atoms with Crippen molar-refractivity contribution in [2.75, 3.05) is 7.11 Å². The van der Waals surface area contributed by atoms with Crippen LogP contribution in [-0.4, -0.2) is 35.2 Å². The lowest BCUT2D eigenvalue weighted by atomic mass is 9.85. The van der Waals surface area contributed by atoms with Crippen LogP contribution in [0.4, 0.5) is 4.79 Å². The molecule has 2 aliphatic heterocycles. The van der Waals surface area contributed by atoms with Gasteiger partial charge in [-0.2, -0.15) is 0 Å². The number of hydrogen-bond acceptors (Lipinski definition) is 3. The number of rotatable bonds is 1.